The third-order valence-electron chi connectivity index (χ3n) is 3.00. The molecule has 0 amide bonds. The van der Waals surface area contributed by atoms with Crippen LogP contribution in [0, 0.1) is 25.2 Å². The molecule has 2 rings (SSSR count). The molecule has 0 aliphatic carbocycles. The highest BCUT2D eigenvalue weighted by molar-refractivity contribution is 5.42. The zero-order valence-corrected chi connectivity index (χ0v) is 10.1. The summed E-state index contributed by atoms with van der Waals surface area (Å²) in [6.45, 7) is 4.10. The highest BCUT2D eigenvalue weighted by Crippen LogP contribution is 2.26. The van der Waals surface area contributed by atoms with Gasteiger partial charge in [-0.3, -0.25) is 0 Å². The first-order valence-corrected chi connectivity index (χ1v) is 5.74. The third kappa shape index (κ3) is 2.37. The van der Waals surface area contributed by atoms with Gasteiger partial charge in [0.1, 0.15) is 0 Å². The van der Waals surface area contributed by atoms with Gasteiger partial charge in [-0.1, -0.05) is 54.1 Å². The highest BCUT2D eigenvalue weighted by atomic mass is 14.3. The van der Waals surface area contributed by atoms with E-state index >= 15 is 0 Å². The van der Waals surface area contributed by atoms with Crippen LogP contribution in [0.25, 0.3) is 0 Å². The van der Waals surface area contributed by atoms with Crippen molar-refractivity contribution in [3.63, 3.8) is 0 Å². The van der Waals surface area contributed by atoms with Crippen LogP contribution < -0.4 is 0 Å². The van der Waals surface area contributed by atoms with Crippen molar-refractivity contribution in [3.05, 3.63) is 70.8 Å². The Kier molecular flexibility index (Phi) is 3.25. The van der Waals surface area contributed by atoms with E-state index < -0.39 is 0 Å². The van der Waals surface area contributed by atoms with Crippen molar-refractivity contribution < 1.29 is 0 Å². The molecule has 0 heterocycles. The Labute approximate surface area is 102 Å². The Balaban J connectivity index is 2.49. The Morgan fingerprint density at radius 2 is 1.76 bits per heavy atom. The van der Waals surface area contributed by atoms with Crippen LogP contribution in [-0.2, 0) is 0 Å². The molecule has 0 aromatic heterocycles. The largest absolute Gasteiger partial charge is 0.197 e. The van der Waals surface area contributed by atoms with Crippen LogP contribution >= 0.6 is 0 Å². The predicted molar refractivity (Wildman–Crippen MR) is 69.8 cm³/mol. The molecule has 84 valence electrons. The van der Waals surface area contributed by atoms with Crippen molar-refractivity contribution in [2.75, 3.05) is 0 Å². The topological polar surface area (TPSA) is 23.8 Å². The van der Waals surface area contributed by atoms with Gasteiger partial charge in [-0.05, 0) is 30.5 Å². The van der Waals surface area contributed by atoms with Gasteiger partial charge in [-0.15, -0.1) is 0 Å². The maximum absolute atomic E-state index is 9.40. The van der Waals surface area contributed by atoms with Crippen LogP contribution in [0.5, 0.6) is 0 Å². The molecule has 0 N–H and O–H groups in total. The maximum Gasteiger partial charge on any atom is 0.0965 e. The summed E-state index contributed by atoms with van der Waals surface area (Å²) < 4.78 is 0. The molecule has 1 heteroatoms. The number of hydrogen-bond donors (Lipinski definition) is 0. The molecule has 0 spiro atoms. The zero-order valence-electron chi connectivity index (χ0n) is 10.1. The summed E-state index contributed by atoms with van der Waals surface area (Å²) in [5.74, 6) is -0.170. The average molecular weight is 221 g/mol. The molecule has 0 saturated heterocycles. The number of aryl methyl sites for hydroxylation is 2. The molecule has 0 bridgehead atoms. The monoisotopic (exact) mass is 221 g/mol. The number of nitriles is 1. The molecule has 0 aliphatic heterocycles. The van der Waals surface area contributed by atoms with Gasteiger partial charge in [0.25, 0.3) is 0 Å². The van der Waals surface area contributed by atoms with Crippen molar-refractivity contribution in [2.45, 2.75) is 19.8 Å². The normalized spacial score (nSPS) is 11.8. The standard InChI is InChI=1S/C16H15N/c1-12-6-5-8-14(10-12)16(11-17)15-9-4-3-7-13(15)2/h3-10,16H,1-2H3. The molecule has 1 nitrogen and oxygen atoms in total. The number of benzene rings is 2. The lowest BCUT2D eigenvalue weighted by atomic mass is 9.89. The first-order valence-electron chi connectivity index (χ1n) is 5.74. The van der Waals surface area contributed by atoms with Gasteiger partial charge in [0.05, 0.1) is 12.0 Å². The first-order chi connectivity index (χ1) is 8.22. The van der Waals surface area contributed by atoms with Gasteiger partial charge in [0.15, 0.2) is 0 Å². The van der Waals surface area contributed by atoms with Gasteiger partial charge >= 0.3 is 0 Å². The smallest absolute Gasteiger partial charge is 0.0965 e. The van der Waals surface area contributed by atoms with Crippen molar-refractivity contribution >= 4 is 0 Å². The Bertz CT molecular complexity index is 564. The van der Waals surface area contributed by atoms with E-state index in [9.17, 15) is 5.26 Å². The Morgan fingerprint density at radius 1 is 1.00 bits per heavy atom. The van der Waals surface area contributed by atoms with E-state index in [-0.39, 0.29) is 5.92 Å². The summed E-state index contributed by atoms with van der Waals surface area (Å²) in [7, 11) is 0. The minimum atomic E-state index is -0.170. The fraction of sp³-hybridized carbons (Fsp3) is 0.188. The second kappa shape index (κ2) is 4.84. The molecule has 2 aromatic carbocycles. The molecule has 2 aromatic rings. The molecule has 1 unspecified atom stereocenters. The van der Waals surface area contributed by atoms with E-state index in [1.807, 2.05) is 30.3 Å². The van der Waals surface area contributed by atoms with Crippen LogP contribution in [0.15, 0.2) is 48.5 Å². The van der Waals surface area contributed by atoms with E-state index in [0.29, 0.717) is 0 Å². The highest BCUT2D eigenvalue weighted by Gasteiger charge is 2.14. The SMILES string of the molecule is Cc1cccc(C(C#N)c2ccccc2C)c1. The summed E-state index contributed by atoms with van der Waals surface area (Å²) >= 11 is 0. The van der Waals surface area contributed by atoms with Gasteiger partial charge in [-0.25, -0.2) is 0 Å². The van der Waals surface area contributed by atoms with E-state index in [0.717, 1.165) is 11.1 Å². The number of hydrogen-bond acceptors (Lipinski definition) is 1. The zero-order chi connectivity index (χ0) is 12.3. The molecule has 1 atom stereocenters. The minimum Gasteiger partial charge on any atom is -0.197 e. The van der Waals surface area contributed by atoms with Gasteiger partial charge < -0.3 is 0 Å². The molecule has 0 aliphatic rings. The molecular formula is C16H15N. The number of rotatable bonds is 2. The van der Waals surface area contributed by atoms with Gasteiger partial charge in [0.2, 0.25) is 0 Å². The van der Waals surface area contributed by atoms with Crippen LogP contribution in [0.1, 0.15) is 28.2 Å². The van der Waals surface area contributed by atoms with E-state index in [1.54, 1.807) is 0 Å². The average Bonchev–Trinajstić information content (AvgIpc) is 2.33. The lowest BCUT2D eigenvalue weighted by Crippen LogP contribution is -2.00. The predicted octanol–water partition coefficient (Wildman–Crippen LogP) is 3.96. The summed E-state index contributed by atoms with van der Waals surface area (Å²) in [4.78, 5) is 0. The second-order valence-electron chi connectivity index (χ2n) is 4.33. The van der Waals surface area contributed by atoms with E-state index in [1.165, 1.54) is 11.1 Å². The van der Waals surface area contributed by atoms with Crippen LogP contribution in [-0.4, -0.2) is 0 Å². The van der Waals surface area contributed by atoms with Crippen molar-refractivity contribution in [3.8, 4) is 6.07 Å². The molecule has 0 saturated carbocycles. The van der Waals surface area contributed by atoms with Crippen molar-refractivity contribution in [1.82, 2.24) is 0 Å². The third-order valence-corrected chi connectivity index (χ3v) is 3.00. The lowest BCUT2D eigenvalue weighted by Gasteiger charge is -2.13. The van der Waals surface area contributed by atoms with E-state index in [4.69, 9.17) is 0 Å². The second-order valence-corrected chi connectivity index (χ2v) is 4.33. The van der Waals surface area contributed by atoms with Crippen LogP contribution in [0.3, 0.4) is 0 Å². The Hall–Kier alpha value is -2.07. The summed E-state index contributed by atoms with van der Waals surface area (Å²) in [5, 5.41) is 9.40. The number of nitrogens with zero attached hydrogens (tertiary/aromatic N) is 1. The Morgan fingerprint density at radius 3 is 2.41 bits per heavy atom. The van der Waals surface area contributed by atoms with Crippen LogP contribution in [0.4, 0.5) is 0 Å². The van der Waals surface area contributed by atoms with Gasteiger partial charge in [-0.2, -0.15) is 5.26 Å². The molecular weight excluding hydrogens is 206 g/mol. The van der Waals surface area contributed by atoms with Crippen LogP contribution in [0.2, 0.25) is 0 Å². The fourth-order valence-corrected chi connectivity index (χ4v) is 2.08. The minimum absolute atomic E-state index is 0.170. The molecule has 17 heavy (non-hydrogen) atoms. The van der Waals surface area contributed by atoms with Crippen molar-refractivity contribution in [2.24, 2.45) is 0 Å². The maximum atomic E-state index is 9.40. The van der Waals surface area contributed by atoms with Gasteiger partial charge in [0, 0.05) is 0 Å². The first kappa shape index (κ1) is 11.4. The quantitative estimate of drug-likeness (QED) is 0.753. The molecule has 0 radical (unpaired) electrons. The van der Waals surface area contributed by atoms with E-state index in [2.05, 4.69) is 38.1 Å². The summed E-state index contributed by atoms with van der Waals surface area (Å²) in [5.41, 5.74) is 4.53. The lowest BCUT2D eigenvalue weighted by molar-refractivity contribution is 1.02. The summed E-state index contributed by atoms with van der Waals surface area (Å²) in [6, 6.07) is 18.6. The van der Waals surface area contributed by atoms with Crippen molar-refractivity contribution in [1.29, 1.82) is 5.26 Å². The fourth-order valence-electron chi connectivity index (χ4n) is 2.08. The molecule has 0 fully saturated rings. The summed E-state index contributed by atoms with van der Waals surface area (Å²) in [6.07, 6.45) is 0.